The molecule has 0 spiro atoms. The largest absolute Gasteiger partial charge is 0.448 e. The molecule has 0 aliphatic rings. The van der Waals surface area contributed by atoms with E-state index in [1.807, 2.05) is 19.1 Å². The number of pyridine rings is 1. The number of fused-ring (bicyclic) bond motifs is 1. The van der Waals surface area contributed by atoms with Gasteiger partial charge in [-0.25, -0.2) is 14.6 Å². The molecule has 0 bridgehead atoms. The summed E-state index contributed by atoms with van der Waals surface area (Å²) in [5.41, 5.74) is 1.12. The molecule has 0 fully saturated rings. The number of amides is 3. The number of hydrogen-bond acceptors (Lipinski definition) is 5. The molecule has 8 heteroatoms. The second kappa shape index (κ2) is 6.92. The maximum Gasteiger partial charge on any atom is 0.359 e. The van der Waals surface area contributed by atoms with Crippen LogP contribution in [0, 0.1) is 6.92 Å². The summed E-state index contributed by atoms with van der Waals surface area (Å²) in [6.07, 6.45) is 0.411. The van der Waals surface area contributed by atoms with E-state index in [4.69, 9.17) is 4.74 Å². The van der Waals surface area contributed by atoms with Gasteiger partial charge in [-0.05, 0) is 46.8 Å². The van der Waals surface area contributed by atoms with Crippen molar-refractivity contribution in [3.63, 3.8) is 0 Å². The standard InChI is InChI=1S/C17H22N4O4/c1-10-7-6-8-13-18-12(9-21(10)13)15(23)25-11(2)14(22)19-16(24)20-17(3,4)5/h6-9,11H,1-5H3,(H2,19,20,22,24)/t11-/m1/s1. The summed E-state index contributed by atoms with van der Waals surface area (Å²) >= 11 is 0. The van der Waals surface area contributed by atoms with Crippen molar-refractivity contribution in [1.29, 1.82) is 0 Å². The van der Waals surface area contributed by atoms with Crippen molar-refractivity contribution in [2.75, 3.05) is 0 Å². The molecule has 134 valence electrons. The summed E-state index contributed by atoms with van der Waals surface area (Å²) in [7, 11) is 0. The van der Waals surface area contributed by atoms with Crippen LogP contribution in [0.2, 0.25) is 0 Å². The average Bonchev–Trinajstić information content (AvgIpc) is 2.90. The molecule has 0 aliphatic carbocycles. The van der Waals surface area contributed by atoms with Crippen LogP contribution in [0.1, 0.15) is 43.9 Å². The van der Waals surface area contributed by atoms with Crippen LogP contribution in [-0.2, 0) is 9.53 Å². The molecule has 1 atom stereocenters. The third-order valence-corrected chi connectivity index (χ3v) is 3.28. The number of carbonyl (C=O) groups is 3. The highest BCUT2D eigenvalue weighted by molar-refractivity contribution is 5.98. The first-order valence-corrected chi connectivity index (χ1v) is 7.85. The summed E-state index contributed by atoms with van der Waals surface area (Å²) in [6.45, 7) is 8.62. The summed E-state index contributed by atoms with van der Waals surface area (Å²) in [5, 5.41) is 4.72. The third kappa shape index (κ3) is 4.79. The number of carbonyl (C=O) groups excluding carboxylic acids is 3. The summed E-state index contributed by atoms with van der Waals surface area (Å²) in [5.74, 6) is -1.45. The van der Waals surface area contributed by atoms with Crippen molar-refractivity contribution in [3.8, 4) is 0 Å². The Hall–Kier alpha value is -2.90. The smallest absolute Gasteiger partial charge is 0.359 e. The molecule has 8 nitrogen and oxygen atoms in total. The number of nitrogens with zero attached hydrogens (tertiary/aromatic N) is 2. The molecule has 25 heavy (non-hydrogen) atoms. The van der Waals surface area contributed by atoms with Crippen LogP contribution >= 0.6 is 0 Å². The van der Waals surface area contributed by atoms with Gasteiger partial charge in [-0.3, -0.25) is 10.1 Å². The first kappa shape index (κ1) is 18.4. The molecule has 0 aromatic carbocycles. The molecule has 0 saturated carbocycles. The second-order valence-corrected chi connectivity index (χ2v) is 6.76. The Morgan fingerprint density at radius 1 is 1.24 bits per heavy atom. The Morgan fingerprint density at radius 2 is 1.92 bits per heavy atom. The van der Waals surface area contributed by atoms with Gasteiger partial charge in [0.25, 0.3) is 5.91 Å². The van der Waals surface area contributed by atoms with Gasteiger partial charge in [-0.1, -0.05) is 6.07 Å². The number of hydrogen-bond donors (Lipinski definition) is 2. The van der Waals surface area contributed by atoms with Crippen molar-refractivity contribution in [1.82, 2.24) is 20.0 Å². The van der Waals surface area contributed by atoms with Gasteiger partial charge >= 0.3 is 12.0 Å². The quantitative estimate of drug-likeness (QED) is 0.825. The molecule has 2 heterocycles. The SMILES string of the molecule is Cc1cccc2nc(C(=O)O[C@H](C)C(=O)NC(=O)NC(C)(C)C)cn12. The molecule has 2 N–H and O–H groups in total. The van der Waals surface area contributed by atoms with Gasteiger partial charge < -0.3 is 14.5 Å². The molecule has 0 aliphatic heterocycles. The van der Waals surface area contributed by atoms with Crippen LogP contribution in [-0.4, -0.2) is 38.9 Å². The minimum atomic E-state index is -1.14. The summed E-state index contributed by atoms with van der Waals surface area (Å²) in [6, 6.07) is 4.82. The molecule has 2 rings (SSSR count). The topological polar surface area (TPSA) is 102 Å². The lowest BCUT2D eigenvalue weighted by atomic mass is 10.1. The predicted octanol–water partition coefficient (Wildman–Crippen LogP) is 1.81. The molecule has 3 amide bonds. The second-order valence-electron chi connectivity index (χ2n) is 6.76. The highest BCUT2D eigenvalue weighted by atomic mass is 16.5. The highest BCUT2D eigenvalue weighted by Gasteiger charge is 2.23. The van der Waals surface area contributed by atoms with E-state index in [-0.39, 0.29) is 5.69 Å². The number of ether oxygens (including phenoxy) is 1. The number of nitrogens with one attached hydrogen (secondary N) is 2. The molecule has 0 unspecified atom stereocenters. The molecule has 0 saturated heterocycles. The van der Waals surface area contributed by atoms with Crippen LogP contribution in [0.15, 0.2) is 24.4 Å². The zero-order valence-corrected chi connectivity index (χ0v) is 14.9. The van der Waals surface area contributed by atoms with Gasteiger partial charge in [0.15, 0.2) is 11.8 Å². The number of imidazole rings is 1. The van der Waals surface area contributed by atoms with E-state index in [1.54, 1.807) is 37.4 Å². The van der Waals surface area contributed by atoms with E-state index < -0.39 is 29.6 Å². The number of aryl methyl sites for hydroxylation is 1. The molecule has 0 radical (unpaired) electrons. The maximum absolute atomic E-state index is 12.2. The Kier molecular flexibility index (Phi) is 5.10. The van der Waals surface area contributed by atoms with Crippen LogP contribution in [0.4, 0.5) is 4.79 Å². The number of rotatable bonds is 3. The Bertz CT molecular complexity index is 820. The normalized spacial score (nSPS) is 12.5. The van der Waals surface area contributed by atoms with E-state index in [1.165, 1.54) is 6.92 Å². The lowest BCUT2D eigenvalue weighted by Crippen LogP contribution is -2.50. The number of urea groups is 1. The fraction of sp³-hybridized carbons (Fsp3) is 0.412. The molecule has 2 aromatic rings. The fourth-order valence-corrected chi connectivity index (χ4v) is 2.11. The summed E-state index contributed by atoms with van der Waals surface area (Å²) < 4.78 is 6.84. The maximum atomic E-state index is 12.2. The van der Waals surface area contributed by atoms with Crippen LogP contribution < -0.4 is 10.6 Å². The van der Waals surface area contributed by atoms with Gasteiger partial charge in [0.05, 0.1) is 0 Å². The highest BCUT2D eigenvalue weighted by Crippen LogP contribution is 2.10. The fourth-order valence-electron chi connectivity index (χ4n) is 2.11. The lowest BCUT2D eigenvalue weighted by molar-refractivity contribution is -0.127. The zero-order chi connectivity index (χ0) is 18.8. The predicted molar refractivity (Wildman–Crippen MR) is 91.2 cm³/mol. The van der Waals surface area contributed by atoms with Gasteiger partial charge in [0.1, 0.15) is 5.65 Å². The van der Waals surface area contributed by atoms with Crippen molar-refractivity contribution in [2.24, 2.45) is 0 Å². The Morgan fingerprint density at radius 3 is 2.52 bits per heavy atom. The zero-order valence-electron chi connectivity index (χ0n) is 14.9. The van der Waals surface area contributed by atoms with Gasteiger partial charge in [0.2, 0.25) is 0 Å². The number of imide groups is 1. The van der Waals surface area contributed by atoms with Crippen LogP contribution in [0.25, 0.3) is 5.65 Å². The third-order valence-electron chi connectivity index (χ3n) is 3.28. The Balaban J connectivity index is 2.00. The van der Waals surface area contributed by atoms with Crippen molar-refractivity contribution >= 4 is 23.6 Å². The first-order chi connectivity index (χ1) is 11.6. The molecular formula is C17H22N4O4. The minimum Gasteiger partial charge on any atom is -0.448 e. The minimum absolute atomic E-state index is 0.0908. The molecular weight excluding hydrogens is 324 g/mol. The van der Waals surface area contributed by atoms with E-state index in [0.29, 0.717) is 5.65 Å². The van der Waals surface area contributed by atoms with Crippen LogP contribution in [0.5, 0.6) is 0 Å². The van der Waals surface area contributed by atoms with E-state index in [9.17, 15) is 14.4 Å². The lowest BCUT2D eigenvalue weighted by Gasteiger charge is -2.21. The Labute approximate surface area is 145 Å². The first-order valence-electron chi connectivity index (χ1n) is 7.85. The van der Waals surface area contributed by atoms with Crippen molar-refractivity contribution in [2.45, 2.75) is 46.3 Å². The van der Waals surface area contributed by atoms with Crippen LogP contribution in [0.3, 0.4) is 0 Å². The van der Waals surface area contributed by atoms with Gasteiger partial charge in [0, 0.05) is 17.4 Å². The monoisotopic (exact) mass is 346 g/mol. The van der Waals surface area contributed by atoms with E-state index in [2.05, 4.69) is 15.6 Å². The van der Waals surface area contributed by atoms with E-state index >= 15 is 0 Å². The van der Waals surface area contributed by atoms with Gasteiger partial charge in [-0.2, -0.15) is 0 Å². The van der Waals surface area contributed by atoms with Crippen molar-refractivity contribution < 1.29 is 19.1 Å². The van der Waals surface area contributed by atoms with Gasteiger partial charge in [-0.15, -0.1) is 0 Å². The molecule has 2 aromatic heterocycles. The number of esters is 1. The van der Waals surface area contributed by atoms with E-state index in [0.717, 1.165) is 5.69 Å². The van der Waals surface area contributed by atoms with Crippen molar-refractivity contribution in [3.05, 3.63) is 35.8 Å². The number of aromatic nitrogens is 2. The average molecular weight is 346 g/mol. The summed E-state index contributed by atoms with van der Waals surface area (Å²) in [4.78, 5) is 40.0.